The normalized spacial score (nSPS) is 31.0. The third-order valence-electron chi connectivity index (χ3n) is 3.77. The van der Waals surface area contributed by atoms with Crippen molar-refractivity contribution >= 4 is 21.4 Å². The first kappa shape index (κ1) is 14.3. The summed E-state index contributed by atoms with van der Waals surface area (Å²) >= 11 is 6.00. The quantitative estimate of drug-likeness (QED) is 0.732. The molecule has 0 heterocycles. The van der Waals surface area contributed by atoms with Crippen molar-refractivity contribution in [3.63, 3.8) is 0 Å². The largest absolute Gasteiger partial charge is 0.229 e. The molecule has 0 aromatic heterocycles. The average Bonchev–Trinajstić information content (AvgIpc) is 2.15. The summed E-state index contributed by atoms with van der Waals surface area (Å²) in [6.45, 7) is 4.21. The summed E-state index contributed by atoms with van der Waals surface area (Å²) in [5, 5.41) is 0.0768. The predicted molar refractivity (Wildman–Crippen MR) is 69.7 cm³/mol. The van der Waals surface area contributed by atoms with Crippen molar-refractivity contribution in [1.29, 1.82) is 0 Å². The zero-order valence-electron chi connectivity index (χ0n) is 10.4. The molecule has 4 atom stereocenters. The Hall–Kier alpha value is 0.240. The molecule has 0 radical (unpaired) electrons. The van der Waals surface area contributed by atoms with Crippen molar-refractivity contribution in [2.45, 2.75) is 56.6 Å². The van der Waals surface area contributed by atoms with Crippen LogP contribution in [0.2, 0.25) is 0 Å². The summed E-state index contributed by atoms with van der Waals surface area (Å²) in [4.78, 5) is 0. The molecule has 16 heavy (non-hydrogen) atoms. The van der Waals surface area contributed by atoms with E-state index < -0.39 is 9.84 Å². The summed E-state index contributed by atoms with van der Waals surface area (Å²) in [7, 11) is -2.85. The third-order valence-corrected chi connectivity index (χ3v) is 5.59. The van der Waals surface area contributed by atoms with Crippen molar-refractivity contribution in [1.82, 2.24) is 0 Å². The molecule has 2 nitrogen and oxygen atoms in total. The zero-order valence-corrected chi connectivity index (χ0v) is 12.0. The van der Waals surface area contributed by atoms with Gasteiger partial charge in [-0.1, -0.05) is 19.8 Å². The van der Waals surface area contributed by atoms with E-state index >= 15 is 0 Å². The van der Waals surface area contributed by atoms with E-state index in [1.54, 1.807) is 0 Å². The minimum Gasteiger partial charge on any atom is -0.229 e. The zero-order chi connectivity index (χ0) is 12.3. The van der Waals surface area contributed by atoms with Gasteiger partial charge in [-0.3, -0.25) is 0 Å². The maximum atomic E-state index is 11.6. The molecular formula is C12H23ClO2S. The van der Waals surface area contributed by atoms with Crippen molar-refractivity contribution in [3.8, 4) is 0 Å². The fourth-order valence-electron chi connectivity index (χ4n) is 2.79. The van der Waals surface area contributed by atoms with Crippen LogP contribution >= 0.6 is 11.6 Å². The molecule has 1 fully saturated rings. The Morgan fingerprint density at radius 2 is 1.94 bits per heavy atom. The molecule has 0 spiro atoms. The third kappa shape index (κ3) is 4.25. The molecule has 0 saturated heterocycles. The lowest BCUT2D eigenvalue weighted by Crippen LogP contribution is -2.30. The second-order valence-electron chi connectivity index (χ2n) is 5.37. The van der Waals surface area contributed by atoms with Crippen LogP contribution in [-0.4, -0.2) is 25.3 Å². The van der Waals surface area contributed by atoms with E-state index in [1.165, 1.54) is 6.26 Å². The van der Waals surface area contributed by atoms with Gasteiger partial charge in [0.25, 0.3) is 0 Å². The van der Waals surface area contributed by atoms with Crippen molar-refractivity contribution in [2.24, 2.45) is 11.8 Å². The highest BCUT2D eigenvalue weighted by atomic mass is 35.5. The van der Waals surface area contributed by atoms with Crippen LogP contribution in [0.3, 0.4) is 0 Å². The number of hydrogen-bond donors (Lipinski definition) is 0. The topological polar surface area (TPSA) is 34.1 Å². The Balaban J connectivity index is 2.57. The SMILES string of the molecule is CC(Cl)CC(C)C1CCCC(S(C)(=O)=O)C1. The lowest BCUT2D eigenvalue weighted by atomic mass is 9.79. The van der Waals surface area contributed by atoms with Crippen LogP contribution in [-0.2, 0) is 9.84 Å². The highest BCUT2D eigenvalue weighted by molar-refractivity contribution is 7.91. The van der Waals surface area contributed by atoms with Gasteiger partial charge in [-0.05, 0) is 38.0 Å². The Bertz CT molecular complexity index is 311. The molecule has 0 aliphatic heterocycles. The molecule has 0 amide bonds. The molecule has 96 valence electrons. The summed E-state index contributed by atoms with van der Waals surface area (Å²) in [6, 6.07) is 0. The fraction of sp³-hybridized carbons (Fsp3) is 1.00. The van der Waals surface area contributed by atoms with Gasteiger partial charge in [-0.15, -0.1) is 11.6 Å². The first-order valence-electron chi connectivity index (χ1n) is 6.13. The van der Waals surface area contributed by atoms with Gasteiger partial charge in [0.05, 0.1) is 5.25 Å². The maximum Gasteiger partial charge on any atom is 0.150 e. The van der Waals surface area contributed by atoms with Crippen LogP contribution in [0.5, 0.6) is 0 Å². The van der Waals surface area contributed by atoms with Gasteiger partial charge in [0.2, 0.25) is 0 Å². The van der Waals surface area contributed by atoms with E-state index in [9.17, 15) is 8.42 Å². The fourth-order valence-corrected chi connectivity index (χ4v) is 4.26. The smallest absolute Gasteiger partial charge is 0.150 e. The average molecular weight is 267 g/mol. The molecule has 1 aliphatic carbocycles. The molecule has 0 bridgehead atoms. The van der Waals surface area contributed by atoms with Crippen molar-refractivity contribution in [2.75, 3.05) is 6.26 Å². The first-order chi connectivity index (χ1) is 7.30. The molecule has 0 N–H and O–H groups in total. The van der Waals surface area contributed by atoms with Crippen LogP contribution in [0.4, 0.5) is 0 Å². The Labute approximate surface area is 105 Å². The Morgan fingerprint density at radius 3 is 2.44 bits per heavy atom. The lowest BCUT2D eigenvalue weighted by molar-refractivity contribution is 0.253. The molecule has 0 aromatic carbocycles. The number of sulfone groups is 1. The Morgan fingerprint density at radius 1 is 1.31 bits per heavy atom. The Kier molecular flexibility index (Phi) is 5.11. The van der Waals surface area contributed by atoms with Gasteiger partial charge in [0.15, 0.2) is 0 Å². The number of alkyl halides is 1. The van der Waals surface area contributed by atoms with Gasteiger partial charge in [-0.25, -0.2) is 8.42 Å². The van der Waals surface area contributed by atoms with E-state index in [4.69, 9.17) is 11.6 Å². The van der Waals surface area contributed by atoms with Crippen molar-refractivity contribution < 1.29 is 8.42 Å². The summed E-state index contributed by atoms with van der Waals surface area (Å²) in [5.74, 6) is 1.08. The maximum absolute atomic E-state index is 11.6. The molecular weight excluding hydrogens is 244 g/mol. The number of rotatable bonds is 4. The molecule has 1 aliphatic rings. The van der Waals surface area contributed by atoms with Crippen molar-refractivity contribution in [3.05, 3.63) is 0 Å². The van der Waals surface area contributed by atoms with Gasteiger partial charge in [0.1, 0.15) is 9.84 Å². The minimum absolute atomic E-state index is 0.112. The number of halogens is 1. The first-order valence-corrected chi connectivity index (χ1v) is 8.52. The van der Waals surface area contributed by atoms with Crippen LogP contribution < -0.4 is 0 Å². The van der Waals surface area contributed by atoms with E-state index in [0.29, 0.717) is 11.8 Å². The van der Waals surface area contributed by atoms with Gasteiger partial charge in [-0.2, -0.15) is 0 Å². The number of hydrogen-bond acceptors (Lipinski definition) is 2. The predicted octanol–water partition coefficient (Wildman–Crippen LogP) is 3.24. The summed E-state index contributed by atoms with van der Waals surface area (Å²) in [6.07, 6.45) is 6.25. The minimum atomic E-state index is -2.85. The highest BCUT2D eigenvalue weighted by Crippen LogP contribution is 2.35. The van der Waals surface area contributed by atoms with Gasteiger partial charge >= 0.3 is 0 Å². The van der Waals surface area contributed by atoms with Crippen LogP contribution in [0.25, 0.3) is 0 Å². The highest BCUT2D eigenvalue weighted by Gasteiger charge is 2.31. The molecule has 4 heteroatoms. The molecule has 4 unspecified atom stereocenters. The summed E-state index contributed by atoms with van der Waals surface area (Å²) in [5.41, 5.74) is 0. The van der Waals surface area contributed by atoms with Gasteiger partial charge in [0, 0.05) is 11.6 Å². The summed E-state index contributed by atoms with van der Waals surface area (Å²) < 4.78 is 23.1. The second kappa shape index (κ2) is 5.72. The van der Waals surface area contributed by atoms with Crippen LogP contribution in [0.15, 0.2) is 0 Å². The molecule has 1 rings (SSSR count). The lowest BCUT2D eigenvalue weighted by Gasteiger charge is -2.32. The second-order valence-corrected chi connectivity index (χ2v) is 8.44. The monoisotopic (exact) mass is 266 g/mol. The van der Waals surface area contributed by atoms with E-state index in [2.05, 4.69) is 6.92 Å². The molecule has 1 saturated carbocycles. The van der Waals surface area contributed by atoms with E-state index in [1.807, 2.05) is 6.92 Å². The van der Waals surface area contributed by atoms with E-state index in [-0.39, 0.29) is 10.6 Å². The standard InChI is InChI=1S/C12H23ClO2S/c1-9(7-10(2)13)11-5-4-6-12(8-11)16(3,14)15/h9-12H,4-8H2,1-3H3. The van der Waals surface area contributed by atoms with E-state index in [0.717, 1.165) is 32.1 Å². The van der Waals surface area contributed by atoms with Gasteiger partial charge < -0.3 is 0 Å². The molecule has 0 aromatic rings. The van der Waals surface area contributed by atoms with Crippen LogP contribution in [0, 0.1) is 11.8 Å². The van der Waals surface area contributed by atoms with Crippen LogP contribution in [0.1, 0.15) is 46.0 Å².